The average molecular weight is 803 g/mol. The van der Waals surface area contributed by atoms with Gasteiger partial charge in [-0.15, -0.1) is 0 Å². The minimum absolute atomic E-state index is 0.381. The molecule has 0 spiro atoms. The van der Waals surface area contributed by atoms with E-state index < -0.39 is 169 Å². The Morgan fingerprint density at radius 3 is 1.79 bits per heavy atom. The van der Waals surface area contributed by atoms with Crippen LogP contribution in [0.3, 0.4) is 0 Å². The van der Waals surface area contributed by atoms with E-state index in [0.717, 1.165) is 0 Å². The molecule has 14 N–H and O–H groups in total. The first-order valence-electron chi connectivity index (χ1n) is 15.6. The molecule has 4 aromatic carbocycles. The molecule has 2 bridgehead atoms. The van der Waals surface area contributed by atoms with Gasteiger partial charge in [-0.3, -0.25) is 0 Å². The minimum Gasteiger partial charge on any atom is -0.504 e. The number of carboxylic acid groups (broad SMARTS) is 1. The topological polar surface area (TPSA) is 398 Å². The van der Waals surface area contributed by atoms with Crippen LogP contribution in [0.15, 0.2) is 30.3 Å². The number of carbonyl (C=O) groups is 4. The molecule has 0 saturated carbocycles. The Labute approximate surface area is 314 Å². The van der Waals surface area contributed by atoms with Gasteiger partial charge in [0.2, 0.25) is 29.3 Å². The van der Waals surface area contributed by atoms with Crippen molar-refractivity contribution >= 4 is 23.9 Å². The third-order valence-corrected chi connectivity index (χ3v) is 8.61. The number of aliphatic hydroxyl groups excluding tert-OH is 2. The van der Waals surface area contributed by atoms with Crippen LogP contribution >= 0.6 is 0 Å². The van der Waals surface area contributed by atoms with E-state index in [1.165, 1.54) is 0 Å². The number of aromatic hydroxyl groups is 11. The summed E-state index contributed by atoms with van der Waals surface area (Å²) in [7, 11) is 0. The number of aromatic carboxylic acids is 1. The van der Waals surface area contributed by atoms with E-state index in [4.69, 9.17) is 23.7 Å². The zero-order chi connectivity index (χ0) is 41.9. The number of cyclic esters (lactones) is 1. The van der Waals surface area contributed by atoms with Crippen molar-refractivity contribution < 1.29 is 114 Å². The molecular weight excluding hydrogens is 776 g/mol. The molecule has 2 aliphatic rings. The van der Waals surface area contributed by atoms with Crippen LogP contribution in [-0.4, -0.2) is 133 Å². The molecule has 2 heterocycles. The van der Waals surface area contributed by atoms with Crippen molar-refractivity contribution in [2.45, 2.75) is 30.7 Å². The highest BCUT2D eigenvalue weighted by Gasteiger charge is 2.50. The number of phenols is 11. The van der Waals surface area contributed by atoms with E-state index in [1.807, 2.05) is 0 Å². The lowest BCUT2D eigenvalue weighted by atomic mass is 9.91. The van der Waals surface area contributed by atoms with Crippen molar-refractivity contribution in [2.75, 3.05) is 6.61 Å². The number of aliphatic hydroxyl groups is 2. The molecule has 300 valence electrons. The maximum absolute atomic E-state index is 14.0. The van der Waals surface area contributed by atoms with Gasteiger partial charge in [0.1, 0.15) is 24.4 Å². The summed E-state index contributed by atoms with van der Waals surface area (Å²) in [6.07, 6.45) is -10.8. The molecule has 1 fully saturated rings. The third-order valence-electron chi connectivity index (χ3n) is 8.61. The highest BCUT2D eigenvalue weighted by Crippen LogP contribution is 2.56. The number of fused-ring (bicyclic) bond motifs is 5. The number of ether oxygens (including phenoxy) is 5. The zero-order valence-electron chi connectivity index (χ0n) is 27.9. The van der Waals surface area contributed by atoms with Crippen molar-refractivity contribution in [3.05, 3.63) is 52.6 Å². The Hall–Kier alpha value is -7.76. The normalized spacial score (nSPS) is 20.4. The number of esters is 3. The Morgan fingerprint density at radius 1 is 0.614 bits per heavy atom. The van der Waals surface area contributed by atoms with E-state index >= 15 is 0 Å². The predicted molar refractivity (Wildman–Crippen MR) is 176 cm³/mol. The van der Waals surface area contributed by atoms with Gasteiger partial charge in [-0.05, 0) is 24.3 Å². The molecule has 2 aliphatic heterocycles. The summed E-state index contributed by atoms with van der Waals surface area (Å²) in [5.74, 6) is -23.0. The van der Waals surface area contributed by atoms with Crippen LogP contribution in [-0.2, 0) is 18.9 Å². The van der Waals surface area contributed by atoms with E-state index in [2.05, 4.69) is 0 Å². The molecule has 1 saturated heterocycles. The lowest BCUT2D eigenvalue weighted by molar-refractivity contribution is -0.284. The van der Waals surface area contributed by atoms with Gasteiger partial charge in [-0.2, -0.15) is 0 Å². The molecule has 23 nitrogen and oxygen atoms in total. The highest BCUT2D eigenvalue weighted by molar-refractivity contribution is 6.08. The van der Waals surface area contributed by atoms with Crippen LogP contribution in [0.5, 0.6) is 74.7 Å². The highest BCUT2D eigenvalue weighted by atomic mass is 16.7. The lowest BCUT2D eigenvalue weighted by Gasteiger charge is -2.41. The van der Waals surface area contributed by atoms with Gasteiger partial charge in [0.15, 0.2) is 64.0 Å². The van der Waals surface area contributed by atoms with Crippen LogP contribution < -0.4 is 4.74 Å². The Bertz CT molecular complexity index is 2360. The number of rotatable bonds is 5. The first-order chi connectivity index (χ1) is 26.7. The molecule has 6 rings (SSSR count). The van der Waals surface area contributed by atoms with Gasteiger partial charge in [0, 0.05) is 17.2 Å². The maximum atomic E-state index is 14.0. The van der Waals surface area contributed by atoms with E-state index in [0.29, 0.717) is 30.3 Å². The molecule has 57 heavy (non-hydrogen) atoms. The first-order valence-corrected chi connectivity index (χ1v) is 15.6. The zero-order valence-corrected chi connectivity index (χ0v) is 27.9. The summed E-state index contributed by atoms with van der Waals surface area (Å²) in [5.41, 5.74) is -6.03. The van der Waals surface area contributed by atoms with Crippen molar-refractivity contribution in [1.82, 2.24) is 0 Å². The smallest absolute Gasteiger partial charge is 0.340 e. The van der Waals surface area contributed by atoms with Crippen LogP contribution in [0.2, 0.25) is 0 Å². The minimum atomic E-state index is -2.35. The fraction of sp³-hybridized carbons (Fsp3) is 0.176. The number of phenolic OH excluding ortho intramolecular Hbond substituents is 11. The number of carbonyl (C=O) groups excluding carboxylic acids is 3. The monoisotopic (exact) mass is 802 g/mol. The number of carboxylic acids is 1. The molecule has 5 atom stereocenters. The predicted octanol–water partition coefficient (Wildman–Crippen LogP) is 0.605. The van der Waals surface area contributed by atoms with Gasteiger partial charge in [-0.1, -0.05) is 0 Å². The summed E-state index contributed by atoms with van der Waals surface area (Å²) >= 11 is 0. The standard InChI is InChI=1S/C34H26O23/c35-11-1-7(2-12(36)19(11)40)31(50)57-34-26(47)29-22(43)16(54-34)6-53-32(51)8-3-13(37)20(41)23(44)17(8)18-9(33(52)56-29)4-15(39)28(24(18)45)55-27-10(30(48)49)5-14(38)21(42)25(27)46/h1-5,16,22,26,29,34-47H,6H2,(H,48,49)/t16-,22-,26+,29+,34+/m1/s1. The van der Waals surface area contributed by atoms with Gasteiger partial charge in [-0.25, -0.2) is 19.2 Å². The summed E-state index contributed by atoms with van der Waals surface area (Å²) in [5, 5.41) is 146. The number of benzene rings is 4. The van der Waals surface area contributed by atoms with Crippen LogP contribution in [0.4, 0.5) is 0 Å². The molecule has 0 aromatic heterocycles. The number of hydrogen-bond acceptors (Lipinski definition) is 22. The Morgan fingerprint density at radius 2 is 1.16 bits per heavy atom. The third kappa shape index (κ3) is 6.58. The van der Waals surface area contributed by atoms with Crippen molar-refractivity contribution in [2.24, 2.45) is 0 Å². The largest absolute Gasteiger partial charge is 0.504 e. The molecule has 0 aliphatic carbocycles. The van der Waals surface area contributed by atoms with E-state index in [-0.39, 0.29) is 0 Å². The fourth-order valence-electron chi connectivity index (χ4n) is 5.80. The summed E-state index contributed by atoms with van der Waals surface area (Å²) in [6, 6.07) is 2.53. The van der Waals surface area contributed by atoms with Gasteiger partial charge >= 0.3 is 23.9 Å². The molecule has 4 aromatic rings. The van der Waals surface area contributed by atoms with Crippen LogP contribution in [0.25, 0.3) is 11.1 Å². The summed E-state index contributed by atoms with van der Waals surface area (Å²) < 4.78 is 26.3. The average Bonchev–Trinajstić information content (AvgIpc) is 3.15. The van der Waals surface area contributed by atoms with Crippen molar-refractivity contribution in [1.29, 1.82) is 0 Å². The molecular formula is C34H26O23. The lowest BCUT2D eigenvalue weighted by Crippen LogP contribution is -2.61. The first kappa shape index (κ1) is 38.9. The Balaban J connectivity index is 1.51. The van der Waals surface area contributed by atoms with Gasteiger partial charge in [0.25, 0.3) is 0 Å². The SMILES string of the molecule is O=C(O[C@@H]1O[C@@H]2COC(=O)c3cc(O)c(O)c(O)c3-c3c(cc(O)c(Oc4c(C(=O)O)cc(O)c(O)c4O)c3O)C(=O)O[C@H]([C@@H]1O)[C@@H]2O)c1cc(O)c(O)c(O)c1. The summed E-state index contributed by atoms with van der Waals surface area (Å²) in [6.45, 7) is -1.07. The molecule has 0 unspecified atom stereocenters. The van der Waals surface area contributed by atoms with Crippen molar-refractivity contribution in [3.63, 3.8) is 0 Å². The van der Waals surface area contributed by atoms with Crippen LogP contribution in [0.1, 0.15) is 41.4 Å². The number of hydrogen-bond donors (Lipinski definition) is 14. The molecule has 0 amide bonds. The van der Waals surface area contributed by atoms with Crippen LogP contribution in [0, 0.1) is 0 Å². The maximum Gasteiger partial charge on any atom is 0.340 e. The molecule has 0 radical (unpaired) electrons. The Kier molecular flexibility index (Phi) is 9.67. The van der Waals surface area contributed by atoms with E-state index in [1.54, 1.807) is 0 Å². The van der Waals surface area contributed by atoms with E-state index in [9.17, 15) is 90.7 Å². The fourth-order valence-corrected chi connectivity index (χ4v) is 5.80. The second kappa shape index (κ2) is 14.1. The van der Waals surface area contributed by atoms with Gasteiger partial charge < -0.3 is 95.2 Å². The second-order valence-corrected chi connectivity index (χ2v) is 12.1. The quantitative estimate of drug-likeness (QED) is 0.0746. The second-order valence-electron chi connectivity index (χ2n) is 12.1. The van der Waals surface area contributed by atoms with Gasteiger partial charge in [0.05, 0.1) is 16.7 Å². The molecule has 23 heteroatoms. The van der Waals surface area contributed by atoms with Crippen molar-refractivity contribution in [3.8, 4) is 85.9 Å². The summed E-state index contributed by atoms with van der Waals surface area (Å²) in [4.78, 5) is 52.4.